The molecule has 2 aromatic heterocycles. The second kappa shape index (κ2) is 13.6. The third-order valence-electron chi connectivity index (χ3n) is 11.8. The summed E-state index contributed by atoms with van der Waals surface area (Å²) in [6.45, 7) is 0. The van der Waals surface area contributed by atoms with Gasteiger partial charge in [0.1, 0.15) is 5.58 Å². The normalized spacial score (nSPS) is 11.7. The molecule has 0 fully saturated rings. The number of thiophene rings is 1. The molecule has 59 heavy (non-hydrogen) atoms. The molecular weight excluding hydrogens is 735 g/mol. The molecule has 0 radical (unpaired) electrons. The number of hydrogen-bond donors (Lipinski definition) is 0. The number of nitrogens with zero attached hydrogens (tertiary/aromatic N) is 1. The standard InChI is InChI=1S/C56H35NOS/c1-2-12-36(13-3-1)38-26-30-43(31-27-38)57(44-32-28-39(29-33-44)46-19-10-21-49-47-18-8-9-23-52(47)59-56(46)49)51-22-11-20-48-50-35-41-16-6-7-17-45(41)53(55(50)58-54(48)51)42-25-24-37-14-4-5-15-40(37)34-42/h1-35H. The second-order valence-electron chi connectivity index (χ2n) is 15.2. The van der Waals surface area contributed by atoms with Crippen LogP contribution in [0.15, 0.2) is 217 Å². The molecule has 3 heteroatoms. The molecule has 2 nitrogen and oxygen atoms in total. The number of fused-ring (bicyclic) bond motifs is 8. The Labute approximate surface area is 345 Å². The van der Waals surface area contributed by atoms with E-state index in [9.17, 15) is 0 Å². The van der Waals surface area contributed by atoms with Crippen molar-refractivity contribution in [2.75, 3.05) is 4.90 Å². The lowest BCUT2D eigenvalue weighted by atomic mass is 9.94. The monoisotopic (exact) mass is 769 g/mol. The summed E-state index contributed by atoms with van der Waals surface area (Å²) in [7, 11) is 0. The number of para-hydroxylation sites is 1. The quantitative estimate of drug-likeness (QED) is 0.167. The zero-order valence-corrected chi connectivity index (χ0v) is 32.8. The third-order valence-corrected chi connectivity index (χ3v) is 13.1. The summed E-state index contributed by atoms with van der Waals surface area (Å²) >= 11 is 1.87. The Morgan fingerprint density at radius 2 is 0.966 bits per heavy atom. The Bertz CT molecular complexity index is 3540. The maximum absolute atomic E-state index is 7.24. The fraction of sp³-hybridized carbons (Fsp3) is 0. The minimum atomic E-state index is 0.853. The van der Waals surface area contributed by atoms with Crippen molar-refractivity contribution in [1.82, 2.24) is 0 Å². The first-order valence-electron chi connectivity index (χ1n) is 20.1. The first kappa shape index (κ1) is 33.7. The number of anilines is 3. The van der Waals surface area contributed by atoms with Crippen molar-refractivity contribution in [2.45, 2.75) is 0 Å². The molecule has 0 unspecified atom stereocenters. The van der Waals surface area contributed by atoms with Crippen LogP contribution in [0.25, 0.3) is 97.0 Å². The summed E-state index contributed by atoms with van der Waals surface area (Å²) in [4.78, 5) is 2.35. The van der Waals surface area contributed by atoms with Crippen LogP contribution in [0.3, 0.4) is 0 Å². The van der Waals surface area contributed by atoms with Gasteiger partial charge in [-0.1, -0.05) is 164 Å². The van der Waals surface area contributed by atoms with Crippen molar-refractivity contribution < 1.29 is 4.42 Å². The molecule has 0 atom stereocenters. The smallest absolute Gasteiger partial charge is 0.159 e. The van der Waals surface area contributed by atoms with Crippen LogP contribution in [0.5, 0.6) is 0 Å². The fourth-order valence-electron chi connectivity index (χ4n) is 9.01. The summed E-state index contributed by atoms with van der Waals surface area (Å²) in [6.07, 6.45) is 0. The van der Waals surface area contributed by atoms with Crippen molar-refractivity contribution >= 4 is 92.1 Å². The van der Waals surface area contributed by atoms with Gasteiger partial charge in [0.05, 0.1) is 5.69 Å². The summed E-state index contributed by atoms with van der Waals surface area (Å²) in [5.41, 5.74) is 11.9. The summed E-state index contributed by atoms with van der Waals surface area (Å²) in [6, 6.07) is 76.7. The van der Waals surface area contributed by atoms with Crippen LogP contribution in [0.1, 0.15) is 0 Å². The van der Waals surface area contributed by atoms with Gasteiger partial charge in [0.15, 0.2) is 5.58 Å². The van der Waals surface area contributed by atoms with Gasteiger partial charge in [0, 0.05) is 47.9 Å². The first-order valence-corrected chi connectivity index (χ1v) is 20.9. The SMILES string of the molecule is c1ccc(-c2ccc(N(c3ccc(-c4cccc5c4sc4ccccc45)cc3)c3cccc4c3oc3c(-c5ccc6ccccc6c5)c5ccccc5cc34)cc2)cc1. The maximum Gasteiger partial charge on any atom is 0.159 e. The highest BCUT2D eigenvalue weighted by Gasteiger charge is 2.23. The number of rotatable bonds is 6. The molecule has 0 bridgehead atoms. The molecule has 0 aliphatic rings. The zero-order valence-electron chi connectivity index (χ0n) is 32.0. The van der Waals surface area contributed by atoms with E-state index < -0.39 is 0 Å². The molecule has 0 saturated heterocycles. The van der Waals surface area contributed by atoms with E-state index in [4.69, 9.17) is 4.42 Å². The Morgan fingerprint density at radius 1 is 0.356 bits per heavy atom. The third kappa shape index (κ3) is 5.55. The van der Waals surface area contributed by atoms with Crippen molar-refractivity contribution in [1.29, 1.82) is 0 Å². The Balaban J connectivity index is 1.06. The van der Waals surface area contributed by atoms with Gasteiger partial charge < -0.3 is 9.32 Å². The van der Waals surface area contributed by atoms with Gasteiger partial charge in [-0.25, -0.2) is 0 Å². The van der Waals surface area contributed by atoms with Gasteiger partial charge >= 0.3 is 0 Å². The van der Waals surface area contributed by atoms with Crippen LogP contribution in [0, 0.1) is 0 Å². The minimum Gasteiger partial charge on any atom is -0.453 e. The van der Waals surface area contributed by atoms with Crippen LogP contribution in [-0.4, -0.2) is 0 Å². The summed E-state index contributed by atoms with van der Waals surface area (Å²) in [5.74, 6) is 0. The van der Waals surface area contributed by atoms with Crippen LogP contribution in [0.4, 0.5) is 17.1 Å². The fourth-order valence-corrected chi connectivity index (χ4v) is 10.3. The Morgan fingerprint density at radius 3 is 1.78 bits per heavy atom. The molecule has 0 aliphatic heterocycles. The molecule has 276 valence electrons. The highest BCUT2D eigenvalue weighted by Crippen LogP contribution is 2.47. The molecule has 10 aromatic carbocycles. The van der Waals surface area contributed by atoms with E-state index in [-0.39, 0.29) is 0 Å². The average Bonchev–Trinajstić information content (AvgIpc) is 3.88. The van der Waals surface area contributed by atoms with Gasteiger partial charge in [0.2, 0.25) is 0 Å². The largest absolute Gasteiger partial charge is 0.453 e. The van der Waals surface area contributed by atoms with Gasteiger partial charge in [-0.3, -0.25) is 0 Å². The minimum absolute atomic E-state index is 0.853. The van der Waals surface area contributed by atoms with Crippen molar-refractivity contribution in [3.63, 3.8) is 0 Å². The molecular formula is C56H35NOS. The van der Waals surface area contributed by atoms with Gasteiger partial charge in [-0.05, 0) is 97.9 Å². The molecule has 2 heterocycles. The van der Waals surface area contributed by atoms with Gasteiger partial charge in [-0.2, -0.15) is 0 Å². The zero-order chi connectivity index (χ0) is 38.9. The van der Waals surface area contributed by atoms with Crippen molar-refractivity contribution in [3.05, 3.63) is 212 Å². The van der Waals surface area contributed by atoms with Gasteiger partial charge in [0.25, 0.3) is 0 Å². The molecule has 0 saturated carbocycles. The number of hydrogen-bond acceptors (Lipinski definition) is 3. The second-order valence-corrected chi connectivity index (χ2v) is 16.3. The van der Waals surface area contributed by atoms with E-state index in [0.717, 1.165) is 50.1 Å². The van der Waals surface area contributed by atoms with Crippen molar-refractivity contribution in [2.24, 2.45) is 0 Å². The molecule has 12 rings (SSSR count). The van der Waals surface area contributed by atoms with Crippen LogP contribution < -0.4 is 4.90 Å². The lowest BCUT2D eigenvalue weighted by molar-refractivity contribution is 0.670. The van der Waals surface area contributed by atoms with E-state index in [1.54, 1.807) is 0 Å². The molecule has 12 aromatic rings. The average molecular weight is 770 g/mol. The summed E-state index contributed by atoms with van der Waals surface area (Å²) in [5, 5.41) is 9.60. The summed E-state index contributed by atoms with van der Waals surface area (Å²) < 4.78 is 9.86. The van der Waals surface area contributed by atoms with Gasteiger partial charge in [-0.15, -0.1) is 11.3 Å². The Kier molecular flexibility index (Phi) is 7.75. The molecule has 0 spiro atoms. The molecule has 0 aliphatic carbocycles. The van der Waals surface area contributed by atoms with E-state index in [2.05, 4.69) is 217 Å². The predicted molar refractivity (Wildman–Crippen MR) is 253 cm³/mol. The highest BCUT2D eigenvalue weighted by atomic mass is 32.1. The van der Waals surface area contributed by atoms with Crippen molar-refractivity contribution in [3.8, 4) is 33.4 Å². The van der Waals surface area contributed by atoms with E-state index in [1.165, 1.54) is 64.0 Å². The van der Waals surface area contributed by atoms with Crippen LogP contribution in [-0.2, 0) is 0 Å². The molecule has 0 amide bonds. The maximum atomic E-state index is 7.24. The lowest BCUT2D eigenvalue weighted by Crippen LogP contribution is -2.10. The lowest BCUT2D eigenvalue weighted by Gasteiger charge is -2.26. The van der Waals surface area contributed by atoms with E-state index in [0.29, 0.717) is 0 Å². The first-order chi connectivity index (χ1) is 29.2. The van der Waals surface area contributed by atoms with Crippen LogP contribution >= 0.6 is 11.3 Å². The predicted octanol–water partition coefficient (Wildman–Crippen LogP) is 16.7. The Hall–Kier alpha value is -7.46. The topological polar surface area (TPSA) is 16.4 Å². The van der Waals surface area contributed by atoms with Crippen LogP contribution in [0.2, 0.25) is 0 Å². The van der Waals surface area contributed by atoms with E-state index >= 15 is 0 Å². The number of furan rings is 1. The highest BCUT2D eigenvalue weighted by molar-refractivity contribution is 7.26. The molecule has 0 N–H and O–H groups in total. The van der Waals surface area contributed by atoms with E-state index in [1.807, 2.05) is 11.3 Å². The number of benzene rings is 10.